The van der Waals surface area contributed by atoms with Crippen molar-refractivity contribution in [2.24, 2.45) is 0 Å². The Morgan fingerprint density at radius 1 is 1.28 bits per heavy atom. The molecule has 18 heavy (non-hydrogen) atoms. The van der Waals surface area contributed by atoms with Gasteiger partial charge in [-0.25, -0.2) is 0 Å². The third-order valence-electron chi connectivity index (χ3n) is 2.76. The van der Waals surface area contributed by atoms with Crippen LogP contribution < -0.4 is 0 Å². The summed E-state index contributed by atoms with van der Waals surface area (Å²) < 4.78 is 3.50. The number of carbonyl (C=O) groups is 1. The number of Topliss-reactive ketones (excluding diaryl/α,β-unsaturated/α-hetero) is 1. The third-order valence-corrected chi connectivity index (χ3v) is 4.60. The van der Waals surface area contributed by atoms with Crippen molar-refractivity contribution in [3.63, 3.8) is 0 Å². The van der Waals surface area contributed by atoms with Gasteiger partial charge in [-0.3, -0.25) is 9.48 Å². The molecule has 0 atom stereocenters. The van der Waals surface area contributed by atoms with E-state index < -0.39 is 0 Å². The molecule has 0 N–H and O–H groups in total. The Morgan fingerprint density at radius 2 is 1.94 bits per heavy atom. The van der Waals surface area contributed by atoms with Gasteiger partial charge >= 0.3 is 0 Å². The third kappa shape index (κ3) is 2.57. The van der Waals surface area contributed by atoms with E-state index in [4.69, 9.17) is 0 Å². The number of aromatic nitrogens is 2. The number of hydrogen-bond acceptors (Lipinski definition) is 2. The van der Waals surface area contributed by atoms with Gasteiger partial charge in [-0.05, 0) is 35.8 Å². The molecule has 0 saturated carbocycles. The molecular weight excluding hydrogens is 360 g/mol. The molecular formula is C13H12Br2N2O. The Balaban J connectivity index is 2.27. The predicted molar refractivity (Wildman–Crippen MR) is 77.9 cm³/mol. The van der Waals surface area contributed by atoms with E-state index in [0.717, 1.165) is 20.3 Å². The quantitative estimate of drug-likeness (QED) is 0.766. The van der Waals surface area contributed by atoms with Crippen molar-refractivity contribution in [3.05, 3.63) is 50.2 Å². The van der Waals surface area contributed by atoms with Crippen molar-refractivity contribution in [3.8, 4) is 0 Å². The zero-order valence-electron chi connectivity index (χ0n) is 10.1. The molecule has 0 aliphatic heterocycles. The summed E-state index contributed by atoms with van der Waals surface area (Å²) in [6.45, 7) is 4.11. The van der Waals surface area contributed by atoms with Crippen LogP contribution in [0.3, 0.4) is 0 Å². The summed E-state index contributed by atoms with van der Waals surface area (Å²) in [6.07, 6.45) is 0. The molecule has 0 spiro atoms. The Labute approximate surface area is 122 Å². The SMILES string of the molecule is Cc1nn(CC(=O)c2ccccc2Br)c(C)c1Br. The predicted octanol–water partition coefficient (Wildman–Crippen LogP) is 3.91. The van der Waals surface area contributed by atoms with Gasteiger partial charge in [0.25, 0.3) is 0 Å². The number of nitrogens with zero attached hydrogens (tertiary/aromatic N) is 2. The van der Waals surface area contributed by atoms with Gasteiger partial charge < -0.3 is 0 Å². The molecule has 0 fully saturated rings. The summed E-state index contributed by atoms with van der Waals surface area (Å²) in [5, 5.41) is 4.34. The van der Waals surface area contributed by atoms with Crippen molar-refractivity contribution in [2.45, 2.75) is 20.4 Å². The van der Waals surface area contributed by atoms with E-state index in [9.17, 15) is 4.79 Å². The number of aryl methyl sites for hydroxylation is 1. The molecule has 1 heterocycles. The molecule has 1 aromatic carbocycles. The lowest BCUT2D eigenvalue weighted by molar-refractivity contribution is 0.0966. The highest BCUT2D eigenvalue weighted by molar-refractivity contribution is 9.10. The van der Waals surface area contributed by atoms with Gasteiger partial charge in [0.1, 0.15) is 6.54 Å². The van der Waals surface area contributed by atoms with Gasteiger partial charge in [0.15, 0.2) is 5.78 Å². The summed E-state index contributed by atoms with van der Waals surface area (Å²) in [6, 6.07) is 7.42. The molecule has 2 rings (SSSR count). The number of benzene rings is 1. The largest absolute Gasteiger partial charge is 0.292 e. The molecule has 5 heteroatoms. The van der Waals surface area contributed by atoms with Gasteiger partial charge in [0, 0.05) is 10.0 Å². The van der Waals surface area contributed by atoms with Crippen LogP contribution in [0.5, 0.6) is 0 Å². The van der Waals surface area contributed by atoms with E-state index in [1.807, 2.05) is 38.1 Å². The van der Waals surface area contributed by atoms with Crippen molar-refractivity contribution in [1.29, 1.82) is 0 Å². The standard InChI is InChI=1S/C13H12Br2N2O/c1-8-13(15)9(2)17(16-8)7-12(18)10-5-3-4-6-11(10)14/h3-6H,7H2,1-2H3. The van der Waals surface area contributed by atoms with Crippen LogP contribution in [0.25, 0.3) is 0 Å². The smallest absolute Gasteiger partial charge is 0.185 e. The Hall–Kier alpha value is -0.940. The minimum Gasteiger partial charge on any atom is -0.292 e. The number of rotatable bonds is 3. The van der Waals surface area contributed by atoms with Crippen molar-refractivity contribution < 1.29 is 4.79 Å². The monoisotopic (exact) mass is 370 g/mol. The van der Waals surface area contributed by atoms with Crippen molar-refractivity contribution >= 4 is 37.6 Å². The van der Waals surface area contributed by atoms with Gasteiger partial charge in [-0.1, -0.05) is 34.1 Å². The maximum absolute atomic E-state index is 12.2. The molecule has 0 saturated heterocycles. The van der Waals surface area contributed by atoms with Crippen LogP contribution in [0.4, 0.5) is 0 Å². The minimum absolute atomic E-state index is 0.0422. The number of halogens is 2. The second kappa shape index (κ2) is 5.36. The highest BCUT2D eigenvalue weighted by Gasteiger charge is 2.14. The van der Waals surface area contributed by atoms with E-state index in [1.165, 1.54) is 0 Å². The van der Waals surface area contributed by atoms with Crippen LogP contribution >= 0.6 is 31.9 Å². The van der Waals surface area contributed by atoms with Crippen LogP contribution in [0.1, 0.15) is 21.7 Å². The Morgan fingerprint density at radius 3 is 2.50 bits per heavy atom. The average molecular weight is 372 g/mol. The van der Waals surface area contributed by atoms with Crippen molar-refractivity contribution in [2.75, 3.05) is 0 Å². The first-order valence-electron chi connectivity index (χ1n) is 5.48. The topological polar surface area (TPSA) is 34.9 Å². The lowest BCUT2D eigenvalue weighted by atomic mass is 10.1. The zero-order valence-corrected chi connectivity index (χ0v) is 13.2. The van der Waals surface area contributed by atoms with Crippen LogP contribution in [0.2, 0.25) is 0 Å². The van der Waals surface area contributed by atoms with E-state index in [0.29, 0.717) is 5.56 Å². The van der Waals surface area contributed by atoms with Crippen LogP contribution in [0, 0.1) is 13.8 Å². The Kier molecular flexibility index (Phi) is 4.02. The lowest BCUT2D eigenvalue weighted by Gasteiger charge is -2.05. The van der Waals surface area contributed by atoms with E-state index in [2.05, 4.69) is 37.0 Å². The fraction of sp³-hybridized carbons (Fsp3) is 0.231. The fourth-order valence-electron chi connectivity index (χ4n) is 1.74. The number of carbonyl (C=O) groups excluding carboxylic acids is 1. The molecule has 0 unspecified atom stereocenters. The molecule has 3 nitrogen and oxygen atoms in total. The zero-order chi connectivity index (χ0) is 13.3. The van der Waals surface area contributed by atoms with E-state index in [1.54, 1.807) is 4.68 Å². The summed E-state index contributed by atoms with van der Waals surface area (Å²) >= 11 is 6.85. The molecule has 0 bridgehead atoms. The highest BCUT2D eigenvalue weighted by atomic mass is 79.9. The normalized spacial score (nSPS) is 10.7. The summed E-state index contributed by atoms with van der Waals surface area (Å²) in [5.74, 6) is 0.0422. The van der Waals surface area contributed by atoms with Crippen LogP contribution in [-0.2, 0) is 6.54 Å². The molecule has 0 radical (unpaired) electrons. The van der Waals surface area contributed by atoms with E-state index in [-0.39, 0.29) is 12.3 Å². The van der Waals surface area contributed by atoms with Gasteiger partial charge in [0.05, 0.1) is 15.9 Å². The lowest BCUT2D eigenvalue weighted by Crippen LogP contribution is -2.13. The summed E-state index contributed by atoms with van der Waals surface area (Å²) in [7, 11) is 0. The van der Waals surface area contributed by atoms with Gasteiger partial charge in [-0.2, -0.15) is 5.10 Å². The Bertz CT molecular complexity index is 605. The van der Waals surface area contributed by atoms with Crippen molar-refractivity contribution in [1.82, 2.24) is 9.78 Å². The summed E-state index contributed by atoms with van der Waals surface area (Å²) in [5.41, 5.74) is 2.54. The minimum atomic E-state index is 0.0422. The van der Waals surface area contributed by atoms with Crippen LogP contribution in [-0.4, -0.2) is 15.6 Å². The van der Waals surface area contributed by atoms with Gasteiger partial charge in [0.2, 0.25) is 0 Å². The van der Waals surface area contributed by atoms with Gasteiger partial charge in [-0.15, -0.1) is 0 Å². The second-order valence-corrected chi connectivity index (χ2v) is 5.69. The highest BCUT2D eigenvalue weighted by Crippen LogP contribution is 2.21. The first kappa shape index (κ1) is 13.5. The maximum Gasteiger partial charge on any atom is 0.185 e. The average Bonchev–Trinajstić information content (AvgIpc) is 2.57. The van der Waals surface area contributed by atoms with E-state index >= 15 is 0 Å². The summed E-state index contributed by atoms with van der Waals surface area (Å²) in [4.78, 5) is 12.2. The molecule has 0 amide bonds. The molecule has 0 aliphatic rings. The first-order valence-corrected chi connectivity index (χ1v) is 7.06. The molecule has 0 aliphatic carbocycles. The second-order valence-electron chi connectivity index (χ2n) is 4.05. The molecule has 94 valence electrons. The first-order chi connectivity index (χ1) is 8.50. The molecule has 2 aromatic rings. The maximum atomic E-state index is 12.2. The fourth-order valence-corrected chi connectivity index (χ4v) is 2.53. The number of ketones is 1. The van der Waals surface area contributed by atoms with Crippen LogP contribution in [0.15, 0.2) is 33.2 Å². The number of hydrogen-bond donors (Lipinski definition) is 0. The molecule has 1 aromatic heterocycles.